The standard InChI is InChI=1S/C15H25N3O3/c1-10(2)13(18(4)14(20)8-16-9-19)7-11(3)15(21)17-12-5-6-12/h7,9-10,12-13H,5-6,8H2,1-4H3,(H,16,19)(H,17,21)/t13-/m1/s1. The highest BCUT2D eigenvalue weighted by molar-refractivity contribution is 5.93. The van der Waals surface area contributed by atoms with Crippen LogP contribution in [0, 0.1) is 5.92 Å². The molecule has 0 aliphatic heterocycles. The van der Waals surface area contributed by atoms with Crippen LogP contribution in [-0.4, -0.2) is 48.8 Å². The fourth-order valence-electron chi connectivity index (χ4n) is 2.03. The number of hydrogen-bond acceptors (Lipinski definition) is 3. The average molecular weight is 295 g/mol. The van der Waals surface area contributed by atoms with Crippen LogP contribution in [-0.2, 0) is 14.4 Å². The van der Waals surface area contributed by atoms with Gasteiger partial charge in [0.15, 0.2) is 0 Å². The Bertz CT molecular complexity index is 428. The molecule has 1 saturated carbocycles. The Morgan fingerprint density at radius 1 is 1.33 bits per heavy atom. The zero-order valence-corrected chi connectivity index (χ0v) is 13.2. The number of rotatable bonds is 8. The van der Waals surface area contributed by atoms with Crippen molar-refractivity contribution in [2.24, 2.45) is 5.92 Å². The Balaban J connectivity index is 2.72. The van der Waals surface area contributed by atoms with Crippen LogP contribution in [0.15, 0.2) is 11.6 Å². The van der Waals surface area contributed by atoms with Gasteiger partial charge in [-0.2, -0.15) is 0 Å². The van der Waals surface area contributed by atoms with Crippen molar-refractivity contribution < 1.29 is 14.4 Å². The smallest absolute Gasteiger partial charge is 0.246 e. The van der Waals surface area contributed by atoms with Gasteiger partial charge in [0.25, 0.3) is 0 Å². The third-order valence-electron chi connectivity index (χ3n) is 3.55. The Kier molecular flexibility index (Phi) is 6.39. The Hall–Kier alpha value is -1.85. The summed E-state index contributed by atoms with van der Waals surface area (Å²) in [6.45, 7) is 5.70. The number of nitrogens with zero attached hydrogens (tertiary/aromatic N) is 1. The van der Waals surface area contributed by atoms with Crippen molar-refractivity contribution in [3.05, 3.63) is 11.6 Å². The summed E-state index contributed by atoms with van der Waals surface area (Å²) in [4.78, 5) is 35.8. The first-order valence-electron chi connectivity index (χ1n) is 7.28. The highest BCUT2D eigenvalue weighted by Gasteiger charge is 2.25. The maximum atomic E-state index is 12.0. The van der Waals surface area contributed by atoms with Crippen molar-refractivity contribution in [1.82, 2.24) is 15.5 Å². The number of carbonyl (C=O) groups excluding carboxylic acids is 3. The number of likely N-dealkylation sites (N-methyl/N-ethyl adjacent to an activating group) is 1. The summed E-state index contributed by atoms with van der Waals surface area (Å²) in [7, 11) is 1.68. The van der Waals surface area contributed by atoms with E-state index in [0.717, 1.165) is 12.8 Å². The molecule has 1 aliphatic carbocycles. The third kappa shape index (κ3) is 5.57. The van der Waals surface area contributed by atoms with Gasteiger partial charge in [-0.1, -0.05) is 19.9 Å². The molecule has 0 spiro atoms. The van der Waals surface area contributed by atoms with Crippen LogP contribution in [0.25, 0.3) is 0 Å². The van der Waals surface area contributed by atoms with Crippen LogP contribution in [0.3, 0.4) is 0 Å². The minimum absolute atomic E-state index is 0.0373. The highest BCUT2D eigenvalue weighted by Crippen LogP contribution is 2.19. The van der Waals surface area contributed by atoms with E-state index < -0.39 is 0 Å². The van der Waals surface area contributed by atoms with Crippen molar-refractivity contribution in [3.63, 3.8) is 0 Å². The Morgan fingerprint density at radius 3 is 2.43 bits per heavy atom. The molecule has 6 nitrogen and oxygen atoms in total. The zero-order valence-electron chi connectivity index (χ0n) is 13.2. The van der Waals surface area contributed by atoms with E-state index in [1.54, 1.807) is 18.9 Å². The minimum atomic E-state index is -0.188. The second-order valence-electron chi connectivity index (χ2n) is 5.84. The van der Waals surface area contributed by atoms with E-state index in [-0.39, 0.29) is 30.3 Å². The number of hydrogen-bond donors (Lipinski definition) is 2. The first-order chi connectivity index (χ1) is 9.86. The number of amides is 3. The quantitative estimate of drug-likeness (QED) is 0.504. The summed E-state index contributed by atoms with van der Waals surface area (Å²) >= 11 is 0. The van der Waals surface area contributed by atoms with Crippen molar-refractivity contribution in [2.45, 2.75) is 45.7 Å². The molecular formula is C15H25N3O3. The van der Waals surface area contributed by atoms with Crippen LogP contribution in [0.1, 0.15) is 33.6 Å². The van der Waals surface area contributed by atoms with Crippen LogP contribution in [0.2, 0.25) is 0 Å². The maximum absolute atomic E-state index is 12.0. The predicted molar refractivity (Wildman–Crippen MR) is 80.4 cm³/mol. The van der Waals surface area contributed by atoms with E-state index in [2.05, 4.69) is 10.6 Å². The van der Waals surface area contributed by atoms with Gasteiger partial charge in [0, 0.05) is 18.7 Å². The summed E-state index contributed by atoms with van der Waals surface area (Å²) in [6, 6.07) is 0.130. The zero-order chi connectivity index (χ0) is 16.0. The van der Waals surface area contributed by atoms with Crippen LogP contribution >= 0.6 is 0 Å². The molecule has 1 rings (SSSR count). The first-order valence-corrected chi connectivity index (χ1v) is 7.28. The summed E-state index contributed by atoms with van der Waals surface area (Å²) in [5.41, 5.74) is 0.614. The molecule has 1 atom stereocenters. The molecule has 0 saturated heterocycles. The van der Waals surface area contributed by atoms with Crippen LogP contribution in [0.5, 0.6) is 0 Å². The SMILES string of the molecule is CC(=C[C@H](C(C)C)N(C)C(=O)CNC=O)C(=O)NC1CC1. The van der Waals surface area contributed by atoms with Gasteiger partial charge in [0.2, 0.25) is 18.2 Å². The molecule has 21 heavy (non-hydrogen) atoms. The van der Waals surface area contributed by atoms with Gasteiger partial charge in [-0.15, -0.1) is 0 Å². The molecule has 0 aromatic carbocycles. The second-order valence-corrected chi connectivity index (χ2v) is 5.84. The molecule has 118 valence electrons. The fraction of sp³-hybridized carbons (Fsp3) is 0.667. The fourth-order valence-corrected chi connectivity index (χ4v) is 2.03. The molecule has 0 aromatic heterocycles. The lowest BCUT2D eigenvalue weighted by atomic mass is 10.00. The largest absolute Gasteiger partial charge is 0.350 e. The molecule has 1 aliphatic rings. The third-order valence-corrected chi connectivity index (χ3v) is 3.55. The molecular weight excluding hydrogens is 270 g/mol. The van der Waals surface area contributed by atoms with E-state index in [0.29, 0.717) is 18.0 Å². The van der Waals surface area contributed by atoms with Gasteiger partial charge in [0.1, 0.15) is 0 Å². The van der Waals surface area contributed by atoms with Gasteiger partial charge in [-0.3, -0.25) is 14.4 Å². The number of carbonyl (C=O) groups is 3. The molecule has 3 amide bonds. The Labute approximate surface area is 125 Å². The second kappa shape index (κ2) is 7.81. The maximum Gasteiger partial charge on any atom is 0.246 e. The van der Waals surface area contributed by atoms with E-state index in [9.17, 15) is 14.4 Å². The normalized spacial score (nSPS) is 16.3. The molecule has 0 unspecified atom stereocenters. The lowest BCUT2D eigenvalue weighted by Gasteiger charge is -2.29. The van der Waals surface area contributed by atoms with Crippen molar-refractivity contribution >= 4 is 18.2 Å². The first kappa shape index (κ1) is 17.2. The summed E-state index contributed by atoms with van der Waals surface area (Å²) in [6.07, 6.45) is 4.41. The van der Waals surface area contributed by atoms with Gasteiger partial charge < -0.3 is 15.5 Å². The highest BCUT2D eigenvalue weighted by atomic mass is 16.2. The van der Waals surface area contributed by atoms with Crippen molar-refractivity contribution in [2.75, 3.05) is 13.6 Å². The van der Waals surface area contributed by atoms with Gasteiger partial charge in [-0.05, 0) is 25.7 Å². The van der Waals surface area contributed by atoms with Crippen LogP contribution in [0.4, 0.5) is 0 Å². The minimum Gasteiger partial charge on any atom is -0.350 e. The summed E-state index contributed by atoms with van der Waals surface area (Å²) < 4.78 is 0. The monoisotopic (exact) mass is 295 g/mol. The van der Waals surface area contributed by atoms with Crippen molar-refractivity contribution in [3.8, 4) is 0 Å². The topological polar surface area (TPSA) is 78.5 Å². The molecule has 0 radical (unpaired) electrons. The molecule has 6 heteroatoms. The summed E-state index contributed by atoms with van der Waals surface area (Å²) in [5, 5.41) is 5.29. The molecule has 0 heterocycles. The van der Waals surface area contributed by atoms with Gasteiger partial charge in [-0.25, -0.2) is 0 Å². The molecule has 2 N–H and O–H groups in total. The van der Waals surface area contributed by atoms with Gasteiger partial charge in [0.05, 0.1) is 12.6 Å². The molecule has 0 bridgehead atoms. The number of nitrogens with one attached hydrogen (secondary N) is 2. The molecule has 1 fully saturated rings. The van der Waals surface area contributed by atoms with E-state index >= 15 is 0 Å². The molecule has 0 aromatic rings. The van der Waals surface area contributed by atoms with Crippen LogP contribution < -0.4 is 10.6 Å². The van der Waals surface area contributed by atoms with E-state index in [4.69, 9.17) is 0 Å². The van der Waals surface area contributed by atoms with E-state index in [1.165, 1.54) is 0 Å². The summed E-state index contributed by atoms with van der Waals surface area (Å²) in [5.74, 6) is -0.0960. The average Bonchev–Trinajstić information content (AvgIpc) is 3.24. The van der Waals surface area contributed by atoms with Crippen molar-refractivity contribution in [1.29, 1.82) is 0 Å². The van der Waals surface area contributed by atoms with Gasteiger partial charge >= 0.3 is 0 Å². The lowest BCUT2D eigenvalue weighted by molar-refractivity contribution is -0.132. The lowest BCUT2D eigenvalue weighted by Crippen LogP contribution is -2.43. The Morgan fingerprint density at radius 2 is 1.95 bits per heavy atom. The van der Waals surface area contributed by atoms with E-state index in [1.807, 2.05) is 19.9 Å². The predicted octanol–water partition coefficient (Wildman–Crippen LogP) is 0.440.